The van der Waals surface area contributed by atoms with Gasteiger partial charge in [0, 0.05) is 11.1 Å². The Labute approximate surface area is 202 Å². The van der Waals surface area contributed by atoms with Crippen molar-refractivity contribution in [3.63, 3.8) is 0 Å². The molecule has 4 rings (SSSR count). The monoisotopic (exact) mass is 458 g/mol. The molecule has 1 N–H and O–H groups in total. The van der Waals surface area contributed by atoms with Crippen LogP contribution in [0, 0.1) is 0 Å². The Kier molecular flexibility index (Phi) is 5.97. The summed E-state index contributed by atoms with van der Waals surface area (Å²) in [5.41, 5.74) is 3.63. The molecule has 4 heteroatoms. The number of carbonyl (C=O) groups is 1. The molecule has 0 saturated carbocycles. The minimum Gasteiger partial charge on any atom is -0.507 e. The summed E-state index contributed by atoms with van der Waals surface area (Å²) >= 11 is 0. The molecule has 0 unspecified atom stereocenters. The fourth-order valence-corrected chi connectivity index (χ4v) is 4.73. The van der Waals surface area contributed by atoms with Gasteiger partial charge in [0.2, 0.25) is 5.78 Å². The van der Waals surface area contributed by atoms with E-state index in [9.17, 15) is 9.90 Å². The molecule has 0 radical (unpaired) electrons. The normalized spacial score (nSPS) is 17.7. The van der Waals surface area contributed by atoms with E-state index in [0.29, 0.717) is 22.8 Å². The molecule has 0 fully saturated rings. The van der Waals surface area contributed by atoms with Gasteiger partial charge in [-0.2, -0.15) is 0 Å². The first-order valence-electron chi connectivity index (χ1n) is 11.7. The lowest BCUT2D eigenvalue weighted by Gasteiger charge is -2.30. The van der Waals surface area contributed by atoms with Crippen molar-refractivity contribution in [3.8, 4) is 17.2 Å². The van der Waals surface area contributed by atoms with Crippen LogP contribution in [-0.4, -0.2) is 24.1 Å². The Morgan fingerprint density at radius 1 is 0.882 bits per heavy atom. The number of phenols is 1. The topological polar surface area (TPSA) is 55.8 Å². The molecular formula is C30H34O4. The standard InChI is InChI=1S/C30H34O4/c1-29(2,3)21-16-19(17-22(26(21)32)30(4,5)6)24-20-14-11-15-23(33-7)27(20)34-28(24)25(31)18-12-9-8-10-13-18/h8-17,24,28,32H,1-7H3/t24-,28-/m0/s1. The van der Waals surface area contributed by atoms with Gasteiger partial charge in [0.25, 0.3) is 0 Å². The highest BCUT2D eigenvalue weighted by Gasteiger charge is 2.43. The number of methoxy groups -OCH3 is 1. The molecule has 4 nitrogen and oxygen atoms in total. The highest BCUT2D eigenvalue weighted by Crippen LogP contribution is 2.50. The Morgan fingerprint density at radius 2 is 1.47 bits per heavy atom. The van der Waals surface area contributed by atoms with Crippen LogP contribution in [0.1, 0.15) is 80.1 Å². The quantitative estimate of drug-likeness (QED) is 0.438. The van der Waals surface area contributed by atoms with Gasteiger partial charge >= 0.3 is 0 Å². The van der Waals surface area contributed by atoms with Crippen LogP contribution in [0.3, 0.4) is 0 Å². The van der Waals surface area contributed by atoms with Crippen molar-refractivity contribution in [3.05, 3.63) is 88.5 Å². The Balaban J connectivity index is 1.97. The maximum atomic E-state index is 13.7. The first-order valence-corrected chi connectivity index (χ1v) is 11.7. The number of para-hydroxylation sites is 1. The van der Waals surface area contributed by atoms with E-state index in [1.807, 2.05) is 60.7 Å². The van der Waals surface area contributed by atoms with E-state index in [0.717, 1.165) is 22.3 Å². The third-order valence-electron chi connectivity index (χ3n) is 6.54. The first-order chi connectivity index (χ1) is 15.9. The number of benzene rings is 3. The van der Waals surface area contributed by atoms with Gasteiger partial charge in [0.15, 0.2) is 17.6 Å². The predicted molar refractivity (Wildman–Crippen MR) is 136 cm³/mol. The minimum absolute atomic E-state index is 0.0773. The number of Topliss-reactive ketones (excluding diaryl/α,β-unsaturated/α-hetero) is 1. The van der Waals surface area contributed by atoms with Crippen LogP contribution in [0.5, 0.6) is 17.2 Å². The second-order valence-electron chi connectivity index (χ2n) is 11.1. The summed E-state index contributed by atoms with van der Waals surface area (Å²) in [5.74, 6) is 1.12. The van der Waals surface area contributed by atoms with Crippen LogP contribution in [0.4, 0.5) is 0 Å². The molecule has 0 aliphatic carbocycles. The molecule has 2 atom stereocenters. The van der Waals surface area contributed by atoms with Crippen molar-refractivity contribution in [2.45, 2.75) is 64.4 Å². The molecule has 3 aromatic rings. The number of hydrogen-bond donors (Lipinski definition) is 1. The van der Waals surface area contributed by atoms with E-state index >= 15 is 0 Å². The fourth-order valence-electron chi connectivity index (χ4n) is 4.73. The molecule has 0 bridgehead atoms. The Hall–Kier alpha value is -3.27. The molecule has 1 heterocycles. The van der Waals surface area contributed by atoms with E-state index in [-0.39, 0.29) is 22.5 Å². The Morgan fingerprint density at radius 3 is 2.00 bits per heavy atom. The van der Waals surface area contributed by atoms with Gasteiger partial charge in [0.1, 0.15) is 5.75 Å². The maximum absolute atomic E-state index is 13.7. The predicted octanol–water partition coefficient (Wildman–Crippen LogP) is 6.77. The number of carbonyl (C=O) groups excluding carboxylic acids is 1. The molecule has 178 valence electrons. The highest BCUT2D eigenvalue weighted by molar-refractivity contribution is 6.01. The zero-order valence-corrected chi connectivity index (χ0v) is 21.1. The van der Waals surface area contributed by atoms with Crippen LogP contribution in [-0.2, 0) is 10.8 Å². The molecule has 0 aromatic heterocycles. The summed E-state index contributed by atoms with van der Waals surface area (Å²) in [6.07, 6.45) is -0.737. The number of ketones is 1. The zero-order valence-electron chi connectivity index (χ0n) is 21.1. The van der Waals surface area contributed by atoms with Crippen LogP contribution in [0.2, 0.25) is 0 Å². The molecule has 1 aliphatic heterocycles. The van der Waals surface area contributed by atoms with Crippen molar-refractivity contribution < 1.29 is 19.4 Å². The molecular weight excluding hydrogens is 424 g/mol. The summed E-state index contributed by atoms with van der Waals surface area (Å²) in [5, 5.41) is 11.2. The molecule has 0 amide bonds. The number of rotatable bonds is 4. The van der Waals surface area contributed by atoms with Crippen LogP contribution in [0.15, 0.2) is 60.7 Å². The lowest BCUT2D eigenvalue weighted by molar-refractivity contribution is 0.0803. The van der Waals surface area contributed by atoms with Crippen molar-refractivity contribution >= 4 is 5.78 Å². The van der Waals surface area contributed by atoms with Crippen molar-refractivity contribution in [1.29, 1.82) is 0 Å². The number of hydrogen-bond acceptors (Lipinski definition) is 4. The third-order valence-corrected chi connectivity index (χ3v) is 6.54. The van der Waals surface area contributed by atoms with Crippen LogP contribution in [0.25, 0.3) is 0 Å². The lowest BCUT2D eigenvalue weighted by atomic mass is 9.75. The van der Waals surface area contributed by atoms with Gasteiger partial charge in [-0.3, -0.25) is 4.79 Å². The highest BCUT2D eigenvalue weighted by atomic mass is 16.5. The van der Waals surface area contributed by atoms with Crippen LogP contribution < -0.4 is 9.47 Å². The smallest absolute Gasteiger partial charge is 0.204 e. The number of ether oxygens (including phenoxy) is 2. The van der Waals surface area contributed by atoms with Gasteiger partial charge in [0.05, 0.1) is 13.0 Å². The van der Waals surface area contributed by atoms with Gasteiger partial charge < -0.3 is 14.6 Å². The van der Waals surface area contributed by atoms with Gasteiger partial charge in [-0.25, -0.2) is 0 Å². The summed E-state index contributed by atoms with van der Waals surface area (Å²) in [6.45, 7) is 12.5. The number of aromatic hydroxyl groups is 1. The van der Waals surface area contributed by atoms with E-state index < -0.39 is 6.10 Å². The van der Waals surface area contributed by atoms with Crippen molar-refractivity contribution in [2.75, 3.05) is 7.11 Å². The van der Waals surface area contributed by atoms with E-state index in [4.69, 9.17) is 9.47 Å². The zero-order chi connectivity index (χ0) is 24.8. The SMILES string of the molecule is COc1cccc2c1O[C@H](C(=O)c1ccccc1)[C@H]2c1cc(C(C)(C)C)c(O)c(C(C)(C)C)c1. The average Bonchev–Trinajstić information content (AvgIpc) is 3.17. The van der Waals surface area contributed by atoms with Crippen molar-refractivity contribution in [1.82, 2.24) is 0 Å². The van der Waals surface area contributed by atoms with Crippen molar-refractivity contribution in [2.24, 2.45) is 0 Å². The minimum atomic E-state index is -0.737. The average molecular weight is 459 g/mol. The van der Waals surface area contributed by atoms with E-state index in [1.54, 1.807) is 7.11 Å². The molecule has 3 aromatic carbocycles. The largest absolute Gasteiger partial charge is 0.507 e. The van der Waals surface area contributed by atoms with E-state index in [2.05, 4.69) is 41.5 Å². The Bertz CT molecular complexity index is 1180. The molecule has 0 spiro atoms. The fraction of sp³-hybridized carbons (Fsp3) is 0.367. The summed E-state index contributed by atoms with van der Waals surface area (Å²) in [7, 11) is 1.61. The number of phenolic OH excluding ortho intramolecular Hbond substituents is 1. The van der Waals surface area contributed by atoms with Gasteiger partial charge in [-0.05, 0) is 33.6 Å². The van der Waals surface area contributed by atoms with Gasteiger partial charge in [-0.15, -0.1) is 0 Å². The van der Waals surface area contributed by atoms with E-state index in [1.165, 1.54) is 0 Å². The molecule has 34 heavy (non-hydrogen) atoms. The summed E-state index contributed by atoms with van der Waals surface area (Å²) < 4.78 is 11.9. The van der Waals surface area contributed by atoms with Crippen LogP contribution >= 0.6 is 0 Å². The lowest BCUT2D eigenvalue weighted by Crippen LogP contribution is -2.30. The molecule has 0 saturated heterocycles. The molecule has 1 aliphatic rings. The van der Waals surface area contributed by atoms with Gasteiger partial charge in [-0.1, -0.05) is 96.1 Å². The first kappa shape index (κ1) is 23.9. The summed E-state index contributed by atoms with van der Waals surface area (Å²) in [6, 6.07) is 19.1. The second kappa shape index (κ2) is 8.50. The third kappa shape index (κ3) is 4.18. The number of fused-ring (bicyclic) bond motifs is 1. The summed E-state index contributed by atoms with van der Waals surface area (Å²) in [4.78, 5) is 13.7. The maximum Gasteiger partial charge on any atom is 0.204 e. The second-order valence-corrected chi connectivity index (χ2v) is 11.1.